The van der Waals surface area contributed by atoms with Crippen molar-refractivity contribution in [1.82, 2.24) is 5.43 Å². The van der Waals surface area contributed by atoms with E-state index in [-0.39, 0.29) is 18.4 Å². The van der Waals surface area contributed by atoms with Crippen LogP contribution in [-0.4, -0.2) is 17.6 Å². The number of benzene rings is 2. The largest absolute Gasteiger partial charge is 0.508 e. The Labute approximate surface area is 148 Å². The third-order valence-corrected chi connectivity index (χ3v) is 4.30. The SMILES string of the molecule is Cc1cc(OCC(=O)NN)cc(C)c1Cc1ccc(O)c(C(C)C)c1. The van der Waals surface area contributed by atoms with Gasteiger partial charge >= 0.3 is 0 Å². The molecule has 1 amide bonds. The number of hydrazine groups is 1. The van der Waals surface area contributed by atoms with E-state index in [0.717, 1.165) is 28.7 Å². The summed E-state index contributed by atoms with van der Waals surface area (Å²) in [7, 11) is 0. The minimum Gasteiger partial charge on any atom is -0.508 e. The number of aryl methyl sites for hydroxylation is 2. The van der Waals surface area contributed by atoms with Gasteiger partial charge in [0.25, 0.3) is 5.91 Å². The van der Waals surface area contributed by atoms with E-state index in [4.69, 9.17) is 10.6 Å². The number of nitrogens with two attached hydrogens (primary N) is 1. The van der Waals surface area contributed by atoms with Crippen molar-refractivity contribution in [3.05, 3.63) is 58.1 Å². The number of phenols is 1. The molecule has 0 aliphatic heterocycles. The number of ether oxygens (including phenoxy) is 1. The number of carbonyl (C=O) groups excluding carboxylic acids is 1. The van der Waals surface area contributed by atoms with Gasteiger partial charge in [-0.05, 0) is 72.2 Å². The molecule has 0 saturated heterocycles. The van der Waals surface area contributed by atoms with Gasteiger partial charge in [-0.15, -0.1) is 0 Å². The van der Waals surface area contributed by atoms with Gasteiger partial charge in [-0.1, -0.05) is 26.0 Å². The van der Waals surface area contributed by atoms with Crippen molar-refractivity contribution in [2.75, 3.05) is 6.61 Å². The predicted octanol–water partition coefficient (Wildman–Crippen LogP) is 3.09. The highest BCUT2D eigenvalue weighted by atomic mass is 16.5. The lowest BCUT2D eigenvalue weighted by molar-refractivity contribution is -0.123. The summed E-state index contributed by atoms with van der Waals surface area (Å²) in [6, 6.07) is 9.63. The highest BCUT2D eigenvalue weighted by Gasteiger charge is 2.11. The molecule has 0 heterocycles. The van der Waals surface area contributed by atoms with Gasteiger partial charge in [0.1, 0.15) is 11.5 Å². The van der Waals surface area contributed by atoms with Crippen LogP contribution in [0.5, 0.6) is 11.5 Å². The number of amides is 1. The molecule has 0 saturated carbocycles. The Morgan fingerprint density at radius 2 is 1.84 bits per heavy atom. The monoisotopic (exact) mass is 342 g/mol. The molecule has 0 fully saturated rings. The quantitative estimate of drug-likeness (QED) is 0.428. The molecule has 134 valence electrons. The molecule has 2 aromatic carbocycles. The molecule has 5 nitrogen and oxygen atoms in total. The second-order valence-electron chi connectivity index (χ2n) is 6.62. The average molecular weight is 342 g/mol. The van der Waals surface area contributed by atoms with Crippen molar-refractivity contribution >= 4 is 5.91 Å². The fourth-order valence-electron chi connectivity index (χ4n) is 2.89. The lowest BCUT2D eigenvalue weighted by Crippen LogP contribution is -2.34. The molecular formula is C20H26N2O3. The van der Waals surface area contributed by atoms with Crippen LogP contribution in [0.2, 0.25) is 0 Å². The fourth-order valence-corrected chi connectivity index (χ4v) is 2.89. The van der Waals surface area contributed by atoms with Gasteiger partial charge in [0.2, 0.25) is 0 Å². The number of rotatable bonds is 6. The van der Waals surface area contributed by atoms with Crippen LogP contribution in [0.15, 0.2) is 30.3 Å². The van der Waals surface area contributed by atoms with Gasteiger partial charge in [-0.25, -0.2) is 5.84 Å². The second-order valence-corrected chi connectivity index (χ2v) is 6.62. The fraction of sp³-hybridized carbons (Fsp3) is 0.350. The third-order valence-electron chi connectivity index (χ3n) is 4.30. The van der Waals surface area contributed by atoms with Gasteiger partial charge in [0, 0.05) is 0 Å². The van der Waals surface area contributed by atoms with E-state index in [0.29, 0.717) is 11.5 Å². The smallest absolute Gasteiger partial charge is 0.271 e. The first-order valence-corrected chi connectivity index (χ1v) is 8.36. The molecule has 5 heteroatoms. The van der Waals surface area contributed by atoms with Crippen molar-refractivity contribution in [1.29, 1.82) is 0 Å². The van der Waals surface area contributed by atoms with Crippen LogP contribution in [-0.2, 0) is 11.2 Å². The number of nitrogens with one attached hydrogen (secondary N) is 1. The zero-order valence-electron chi connectivity index (χ0n) is 15.2. The topological polar surface area (TPSA) is 84.6 Å². The molecule has 0 unspecified atom stereocenters. The molecule has 0 bridgehead atoms. The second kappa shape index (κ2) is 8.03. The summed E-state index contributed by atoms with van der Waals surface area (Å²) in [4.78, 5) is 11.2. The average Bonchev–Trinajstić information content (AvgIpc) is 2.57. The van der Waals surface area contributed by atoms with Crippen LogP contribution in [0.1, 0.15) is 47.6 Å². The molecule has 0 spiro atoms. The maximum absolute atomic E-state index is 11.2. The molecule has 2 aromatic rings. The van der Waals surface area contributed by atoms with Gasteiger partial charge in [-0.2, -0.15) is 0 Å². The van der Waals surface area contributed by atoms with Crippen LogP contribution in [0.4, 0.5) is 0 Å². The lowest BCUT2D eigenvalue weighted by Gasteiger charge is -2.15. The maximum atomic E-state index is 11.2. The van der Waals surface area contributed by atoms with E-state index in [1.807, 2.05) is 37.5 Å². The van der Waals surface area contributed by atoms with E-state index in [1.165, 1.54) is 5.56 Å². The molecule has 0 radical (unpaired) electrons. The summed E-state index contributed by atoms with van der Waals surface area (Å²) in [6.07, 6.45) is 0.779. The summed E-state index contributed by atoms with van der Waals surface area (Å²) in [6.45, 7) is 8.09. The molecular weight excluding hydrogens is 316 g/mol. The van der Waals surface area contributed by atoms with E-state index in [1.54, 1.807) is 6.07 Å². The summed E-state index contributed by atoms with van der Waals surface area (Å²) >= 11 is 0. The number of phenolic OH excluding ortho intramolecular Hbond substituents is 1. The minimum absolute atomic E-state index is 0.107. The molecule has 0 aliphatic carbocycles. The van der Waals surface area contributed by atoms with Crippen molar-refractivity contribution in [2.24, 2.45) is 5.84 Å². The van der Waals surface area contributed by atoms with Crippen LogP contribution >= 0.6 is 0 Å². The Hall–Kier alpha value is -2.53. The number of hydrogen-bond acceptors (Lipinski definition) is 4. The summed E-state index contributed by atoms with van der Waals surface area (Å²) in [5.74, 6) is 5.94. The number of hydrogen-bond donors (Lipinski definition) is 3. The maximum Gasteiger partial charge on any atom is 0.271 e. The summed E-state index contributed by atoms with van der Waals surface area (Å²) < 4.78 is 5.47. The van der Waals surface area contributed by atoms with Crippen LogP contribution in [0.25, 0.3) is 0 Å². The third kappa shape index (κ3) is 4.73. The zero-order chi connectivity index (χ0) is 18.6. The molecule has 2 rings (SSSR count). The van der Waals surface area contributed by atoms with Crippen LogP contribution in [0, 0.1) is 13.8 Å². The Morgan fingerprint density at radius 1 is 1.20 bits per heavy atom. The standard InChI is InChI=1S/C20H26N2O3/c1-12(2)17-9-15(5-6-19(17)23)10-18-13(3)7-16(8-14(18)4)25-11-20(24)22-21/h5-9,12,23H,10-11,21H2,1-4H3,(H,22,24). The van der Waals surface area contributed by atoms with Gasteiger partial charge in [0.15, 0.2) is 6.61 Å². The normalized spacial score (nSPS) is 10.8. The van der Waals surface area contributed by atoms with Gasteiger partial charge in [0.05, 0.1) is 0 Å². The highest BCUT2D eigenvalue weighted by Crippen LogP contribution is 2.29. The minimum atomic E-state index is -0.371. The van der Waals surface area contributed by atoms with E-state index in [9.17, 15) is 9.90 Å². The number of carbonyl (C=O) groups is 1. The zero-order valence-corrected chi connectivity index (χ0v) is 15.2. The van der Waals surface area contributed by atoms with E-state index in [2.05, 4.69) is 19.9 Å². The first-order chi connectivity index (χ1) is 11.8. The molecule has 0 aliphatic rings. The Balaban J connectivity index is 2.23. The Morgan fingerprint density at radius 3 is 2.40 bits per heavy atom. The van der Waals surface area contributed by atoms with Gasteiger partial charge < -0.3 is 9.84 Å². The van der Waals surface area contributed by atoms with Crippen LogP contribution < -0.4 is 16.0 Å². The molecule has 25 heavy (non-hydrogen) atoms. The van der Waals surface area contributed by atoms with Crippen molar-refractivity contribution in [2.45, 2.75) is 40.0 Å². The molecule has 0 atom stereocenters. The Kier molecular flexibility index (Phi) is 6.04. The molecule has 0 aromatic heterocycles. The molecule has 4 N–H and O–H groups in total. The highest BCUT2D eigenvalue weighted by molar-refractivity contribution is 5.76. The lowest BCUT2D eigenvalue weighted by atomic mass is 9.93. The van der Waals surface area contributed by atoms with E-state index < -0.39 is 0 Å². The summed E-state index contributed by atoms with van der Waals surface area (Å²) in [5, 5.41) is 9.98. The van der Waals surface area contributed by atoms with E-state index >= 15 is 0 Å². The van der Waals surface area contributed by atoms with Crippen molar-refractivity contribution < 1.29 is 14.6 Å². The first-order valence-electron chi connectivity index (χ1n) is 8.36. The predicted molar refractivity (Wildman–Crippen MR) is 98.7 cm³/mol. The first kappa shape index (κ1) is 18.8. The Bertz CT molecular complexity index is 747. The summed E-state index contributed by atoms with van der Waals surface area (Å²) in [5.41, 5.74) is 7.58. The van der Waals surface area contributed by atoms with Crippen LogP contribution in [0.3, 0.4) is 0 Å². The van der Waals surface area contributed by atoms with Crippen molar-refractivity contribution in [3.63, 3.8) is 0 Å². The van der Waals surface area contributed by atoms with Crippen molar-refractivity contribution in [3.8, 4) is 11.5 Å². The van der Waals surface area contributed by atoms with Gasteiger partial charge in [-0.3, -0.25) is 10.2 Å². The number of aromatic hydroxyl groups is 1.